The van der Waals surface area contributed by atoms with E-state index in [1.807, 2.05) is 0 Å². The zero-order valence-electron chi connectivity index (χ0n) is 9.30. The van der Waals surface area contributed by atoms with Crippen molar-refractivity contribution in [3.05, 3.63) is 34.9 Å². The number of nitrogens with two attached hydrogens (primary N) is 1. The normalized spacial score (nSPS) is 24.4. The second-order valence-electron chi connectivity index (χ2n) is 4.97. The summed E-state index contributed by atoms with van der Waals surface area (Å²) >= 11 is 0. The summed E-state index contributed by atoms with van der Waals surface area (Å²) in [7, 11) is 0. The van der Waals surface area contributed by atoms with E-state index < -0.39 is 0 Å². The van der Waals surface area contributed by atoms with Crippen molar-refractivity contribution in [3.63, 3.8) is 0 Å². The van der Waals surface area contributed by atoms with Crippen LogP contribution in [0.5, 0.6) is 0 Å². The van der Waals surface area contributed by atoms with Gasteiger partial charge in [-0.15, -0.1) is 0 Å². The molecule has 0 saturated carbocycles. The van der Waals surface area contributed by atoms with Gasteiger partial charge in [0, 0.05) is 11.5 Å². The first-order valence-electron chi connectivity index (χ1n) is 5.38. The van der Waals surface area contributed by atoms with Gasteiger partial charge in [0.15, 0.2) is 0 Å². The molecule has 14 heavy (non-hydrogen) atoms. The predicted octanol–water partition coefficient (Wildman–Crippen LogP) is 2.55. The van der Waals surface area contributed by atoms with E-state index in [4.69, 9.17) is 5.73 Å². The van der Waals surface area contributed by atoms with E-state index in [2.05, 4.69) is 39.0 Å². The summed E-state index contributed by atoms with van der Waals surface area (Å²) < 4.78 is 0. The lowest BCUT2D eigenvalue weighted by molar-refractivity contribution is 0.363. The summed E-state index contributed by atoms with van der Waals surface area (Å²) in [6.45, 7) is 6.72. The Morgan fingerprint density at radius 2 is 2.07 bits per heavy atom. The van der Waals surface area contributed by atoms with Crippen molar-refractivity contribution < 1.29 is 0 Å². The van der Waals surface area contributed by atoms with Gasteiger partial charge in [-0.2, -0.15) is 0 Å². The van der Waals surface area contributed by atoms with E-state index in [-0.39, 0.29) is 5.41 Å². The van der Waals surface area contributed by atoms with Crippen molar-refractivity contribution in [3.8, 4) is 0 Å². The molecule has 1 aromatic carbocycles. The van der Waals surface area contributed by atoms with Gasteiger partial charge in [-0.3, -0.25) is 0 Å². The molecular formula is C13H19N. The second-order valence-corrected chi connectivity index (χ2v) is 4.97. The maximum atomic E-state index is 6.18. The van der Waals surface area contributed by atoms with Gasteiger partial charge >= 0.3 is 0 Å². The smallest absolute Gasteiger partial charge is 0.0134 e. The van der Waals surface area contributed by atoms with Crippen LogP contribution in [-0.2, 0) is 11.8 Å². The van der Waals surface area contributed by atoms with E-state index >= 15 is 0 Å². The number of fused-ring (bicyclic) bond motifs is 1. The monoisotopic (exact) mass is 189 g/mol. The minimum atomic E-state index is 0.138. The molecule has 0 aliphatic heterocycles. The molecule has 76 valence electrons. The summed E-state index contributed by atoms with van der Waals surface area (Å²) in [5, 5.41) is 0. The van der Waals surface area contributed by atoms with Crippen LogP contribution in [0.4, 0.5) is 0 Å². The summed E-state index contributed by atoms with van der Waals surface area (Å²) in [5.74, 6) is 0. The highest BCUT2D eigenvalue weighted by Gasteiger charge is 2.34. The lowest BCUT2D eigenvalue weighted by Crippen LogP contribution is -2.44. The number of rotatable bonds is 0. The van der Waals surface area contributed by atoms with Gasteiger partial charge in [0.1, 0.15) is 0 Å². The highest BCUT2D eigenvalue weighted by Crippen LogP contribution is 2.37. The first kappa shape index (κ1) is 9.72. The Bertz CT molecular complexity index is 352. The lowest BCUT2D eigenvalue weighted by atomic mass is 9.69. The lowest BCUT2D eigenvalue weighted by Gasteiger charge is -2.39. The van der Waals surface area contributed by atoms with Gasteiger partial charge in [0.25, 0.3) is 0 Å². The summed E-state index contributed by atoms with van der Waals surface area (Å²) in [6, 6.07) is 6.89. The van der Waals surface area contributed by atoms with Crippen LogP contribution in [0, 0.1) is 6.92 Å². The van der Waals surface area contributed by atoms with Crippen molar-refractivity contribution in [2.75, 3.05) is 0 Å². The quantitative estimate of drug-likeness (QED) is 0.667. The predicted molar refractivity (Wildman–Crippen MR) is 60.5 cm³/mol. The first-order valence-corrected chi connectivity index (χ1v) is 5.38. The molecule has 0 saturated heterocycles. The topological polar surface area (TPSA) is 26.0 Å². The van der Waals surface area contributed by atoms with Gasteiger partial charge in [-0.25, -0.2) is 0 Å². The van der Waals surface area contributed by atoms with Gasteiger partial charge in [0.05, 0.1) is 0 Å². The third-order valence-corrected chi connectivity index (χ3v) is 3.74. The molecule has 0 aromatic heterocycles. The van der Waals surface area contributed by atoms with Crippen molar-refractivity contribution in [1.82, 2.24) is 0 Å². The van der Waals surface area contributed by atoms with Crippen molar-refractivity contribution in [1.29, 1.82) is 0 Å². The van der Waals surface area contributed by atoms with Gasteiger partial charge < -0.3 is 5.73 Å². The summed E-state index contributed by atoms with van der Waals surface area (Å²) in [5.41, 5.74) is 10.7. The average molecular weight is 189 g/mol. The number of hydrogen-bond donors (Lipinski definition) is 1. The highest BCUT2D eigenvalue weighted by atomic mass is 14.7. The van der Waals surface area contributed by atoms with Gasteiger partial charge in [-0.1, -0.05) is 32.0 Å². The van der Waals surface area contributed by atoms with E-state index in [1.54, 1.807) is 0 Å². The Kier molecular flexibility index (Phi) is 2.15. The second kappa shape index (κ2) is 3.09. The molecule has 1 unspecified atom stereocenters. The minimum Gasteiger partial charge on any atom is -0.327 e. The Hall–Kier alpha value is -0.820. The average Bonchev–Trinajstić information content (AvgIpc) is 2.13. The molecule has 0 radical (unpaired) electrons. The van der Waals surface area contributed by atoms with Crippen LogP contribution in [0.2, 0.25) is 0 Å². The van der Waals surface area contributed by atoms with Crippen molar-refractivity contribution in [2.45, 2.75) is 45.1 Å². The molecule has 1 atom stereocenters. The molecule has 1 heteroatoms. The zero-order chi connectivity index (χ0) is 10.3. The SMILES string of the molecule is Cc1cccc2c1CCC(N)C2(C)C. The molecule has 1 aliphatic carbocycles. The first-order chi connectivity index (χ1) is 6.53. The van der Waals surface area contributed by atoms with Crippen LogP contribution < -0.4 is 5.73 Å². The number of aryl methyl sites for hydroxylation is 1. The number of benzene rings is 1. The third-order valence-electron chi connectivity index (χ3n) is 3.74. The van der Waals surface area contributed by atoms with Crippen LogP contribution in [-0.4, -0.2) is 6.04 Å². The molecular weight excluding hydrogens is 170 g/mol. The molecule has 1 aliphatic rings. The van der Waals surface area contributed by atoms with Gasteiger partial charge in [0.2, 0.25) is 0 Å². The Balaban J connectivity index is 2.59. The molecule has 2 N–H and O–H groups in total. The maximum absolute atomic E-state index is 6.18. The fourth-order valence-electron chi connectivity index (χ4n) is 2.50. The van der Waals surface area contributed by atoms with Crippen LogP contribution in [0.1, 0.15) is 37.0 Å². The van der Waals surface area contributed by atoms with E-state index in [0.29, 0.717) is 6.04 Å². The molecule has 1 nitrogen and oxygen atoms in total. The standard InChI is InChI=1S/C13H19N/c1-9-5-4-6-11-10(9)7-8-12(14)13(11,2)3/h4-6,12H,7-8,14H2,1-3H3. The van der Waals surface area contributed by atoms with E-state index in [1.165, 1.54) is 16.7 Å². The Morgan fingerprint density at radius 3 is 2.79 bits per heavy atom. The van der Waals surface area contributed by atoms with Crippen molar-refractivity contribution >= 4 is 0 Å². The maximum Gasteiger partial charge on any atom is 0.0134 e. The molecule has 0 spiro atoms. The molecule has 0 heterocycles. The van der Waals surface area contributed by atoms with Crippen LogP contribution in [0.25, 0.3) is 0 Å². The van der Waals surface area contributed by atoms with Crippen LogP contribution in [0.15, 0.2) is 18.2 Å². The van der Waals surface area contributed by atoms with E-state index in [9.17, 15) is 0 Å². The number of hydrogen-bond acceptors (Lipinski definition) is 1. The van der Waals surface area contributed by atoms with E-state index in [0.717, 1.165) is 12.8 Å². The summed E-state index contributed by atoms with van der Waals surface area (Å²) in [6.07, 6.45) is 2.26. The third kappa shape index (κ3) is 1.27. The fraction of sp³-hybridized carbons (Fsp3) is 0.538. The minimum absolute atomic E-state index is 0.138. The molecule has 2 rings (SSSR count). The Labute approximate surface area is 86.3 Å². The van der Waals surface area contributed by atoms with Crippen molar-refractivity contribution in [2.24, 2.45) is 5.73 Å². The molecule has 0 bridgehead atoms. The Morgan fingerprint density at radius 1 is 1.36 bits per heavy atom. The molecule has 1 aromatic rings. The van der Waals surface area contributed by atoms with Crippen LogP contribution in [0.3, 0.4) is 0 Å². The largest absolute Gasteiger partial charge is 0.327 e. The van der Waals surface area contributed by atoms with Gasteiger partial charge in [-0.05, 0) is 36.5 Å². The zero-order valence-corrected chi connectivity index (χ0v) is 9.30. The molecule has 0 fully saturated rings. The fourth-order valence-corrected chi connectivity index (χ4v) is 2.50. The summed E-state index contributed by atoms with van der Waals surface area (Å²) in [4.78, 5) is 0. The highest BCUT2D eigenvalue weighted by molar-refractivity contribution is 5.42. The van der Waals surface area contributed by atoms with Crippen LogP contribution >= 0.6 is 0 Å². The molecule has 0 amide bonds.